The predicted octanol–water partition coefficient (Wildman–Crippen LogP) is 3.16. The normalized spacial score (nSPS) is 14.3. The number of anilines is 1. The van der Waals surface area contributed by atoms with Gasteiger partial charge < -0.3 is 20.4 Å². The van der Waals surface area contributed by atoms with Crippen LogP contribution in [-0.2, 0) is 14.4 Å². The molecule has 2 aromatic rings. The number of amides is 1. The second-order valence-electron chi connectivity index (χ2n) is 7.34. The van der Waals surface area contributed by atoms with Gasteiger partial charge in [0.05, 0.1) is 10.7 Å². The number of carbonyl (C=O) groups is 3. The van der Waals surface area contributed by atoms with Gasteiger partial charge in [-0.1, -0.05) is 66.2 Å². The van der Waals surface area contributed by atoms with Crippen molar-refractivity contribution in [1.82, 2.24) is 9.80 Å². The summed E-state index contributed by atoms with van der Waals surface area (Å²) < 4.78 is 0. The number of rotatable bonds is 7. The van der Waals surface area contributed by atoms with Crippen LogP contribution in [0.5, 0.6) is 0 Å². The van der Waals surface area contributed by atoms with Gasteiger partial charge in [-0.3, -0.25) is 9.69 Å². The highest BCUT2D eigenvalue weighted by Crippen LogP contribution is 2.20. The van der Waals surface area contributed by atoms with Crippen LogP contribution in [0.25, 0.3) is 6.08 Å². The minimum Gasteiger partial charge on any atom is -0.473 e. The van der Waals surface area contributed by atoms with Crippen molar-refractivity contribution in [3.05, 3.63) is 71.3 Å². The van der Waals surface area contributed by atoms with Crippen LogP contribution in [0.15, 0.2) is 60.7 Å². The van der Waals surface area contributed by atoms with E-state index < -0.39 is 11.9 Å². The second-order valence-corrected chi connectivity index (χ2v) is 7.75. The molecule has 0 spiro atoms. The number of nitrogens with zero attached hydrogens (tertiary/aromatic N) is 2. The summed E-state index contributed by atoms with van der Waals surface area (Å²) in [6.45, 7) is 5.81. The molecule has 0 aliphatic carbocycles. The first-order chi connectivity index (χ1) is 15.8. The average Bonchev–Trinajstić information content (AvgIpc) is 2.81. The topological polar surface area (TPSA) is 110 Å². The van der Waals surface area contributed by atoms with Gasteiger partial charge in [0, 0.05) is 45.7 Å². The summed E-state index contributed by atoms with van der Waals surface area (Å²) in [7, 11) is 0. The van der Waals surface area contributed by atoms with Gasteiger partial charge >= 0.3 is 11.9 Å². The summed E-state index contributed by atoms with van der Waals surface area (Å²) in [6, 6.07) is 17.7. The molecule has 9 heteroatoms. The third kappa shape index (κ3) is 10.3. The van der Waals surface area contributed by atoms with E-state index in [1.807, 2.05) is 24.3 Å². The average molecular weight is 474 g/mol. The molecule has 1 amide bonds. The molecule has 0 bridgehead atoms. The molecule has 0 aromatic heterocycles. The number of halogens is 1. The first kappa shape index (κ1) is 26.1. The van der Waals surface area contributed by atoms with Gasteiger partial charge in [-0.2, -0.15) is 0 Å². The minimum atomic E-state index is -1.82. The van der Waals surface area contributed by atoms with Crippen molar-refractivity contribution in [2.75, 3.05) is 44.6 Å². The van der Waals surface area contributed by atoms with E-state index in [1.54, 1.807) is 6.07 Å². The lowest BCUT2D eigenvalue weighted by Gasteiger charge is -2.34. The molecule has 33 heavy (non-hydrogen) atoms. The van der Waals surface area contributed by atoms with Crippen LogP contribution in [-0.4, -0.2) is 77.1 Å². The first-order valence-electron chi connectivity index (χ1n) is 10.5. The van der Waals surface area contributed by atoms with Crippen molar-refractivity contribution in [1.29, 1.82) is 0 Å². The zero-order valence-corrected chi connectivity index (χ0v) is 18.9. The number of piperazine rings is 1. The van der Waals surface area contributed by atoms with E-state index in [9.17, 15) is 4.79 Å². The quantitative estimate of drug-likeness (QED) is 0.530. The maximum Gasteiger partial charge on any atom is 0.414 e. The zero-order valence-electron chi connectivity index (χ0n) is 18.2. The van der Waals surface area contributed by atoms with Gasteiger partial charge in [0.1, 0.15) is 0 Å². The zero-order chi connectivity index (χ0) is 24.1. The number of aliphatic carboxylic acids is 2. The van der Waals surface area contributed by atoms with E-state index in [0.717, 1.165) is 39.3 Å². The second kappa shape index (κ2) is 14.1. The summed E-state index contributed by atoms with van der Waals surface area (Å²) in [5.74, 6) is -3.64. The molecule has 0 saturated carbocycles. The molecule has 1 aliphatic heterocycles. The number of carbonyl (C=O) groups excluding carboxylic acids is 1. The highest BCUT2D eigenvalue weighted by molar-refractivity contribution is 6.33. The van der Waals surface area contributed by atoms with Crippen molar-refractivity contribution < 1.29 is 24.6 Å². The minimum absolute atomic E-state index is 0.0105. The fourth-order valence-corrected chi connectivity index (χ4v) is 3.32. The van der Waals surface area contributed by atoms with E-state index >= 15 is 0 Å². The number of hydrogen-bond acceptors (Lipinski definition) is 5. The number of carboxylic acids is 2. The number of carboxylic acid groups (broad SMARTS) is 2. The Morgan fingerprint density at radius 1 is 0.879 bits per heavy atom. The third-order valence-corrected chi connectivity index (χ3v) is 5.25. The van der Waals surface area contributed by atoms with Crippen LogP contribution in [0.1, 0.15) is 12.0 Å². The van der Waals surface area contributed by atoms with Crippen LogP contribution in [0.2, 0.25) is 5.02 Å². The van der Waals surface area contributed by atoms with Crippen LogP contribution >= 0.6 is 11.6 Å². The molecular weight excluding hydrogens is 446 g/mol. The van der Waals surface area contributed by atoms with Gasteiger partial charge in [0.2, 0.25) is 5.91 Å². The van der Waals surface area contributed by atoms with Gasteiger partial charge in [0.25, 0.3) is 0 Å². The van der Waals surface area contributed by atoms with Crippen LogP contribution in [0.3, 0.4) is 0 Å². The molecular formula is C24H28ClN3O5. The van der Waals surface area contributed by atoms with Gasteiger partial charge in [0.15, 0.2) is 0 Å². The molecule has 3 rings (SSSR count). The highest BCUT2D eigenvalue weighted by Gasteiger charge is 2.16. The first-order valence-corrected chi connectivity index (χ1v) is 10.9. The molecule has 1 heterocycles. The molecule has 8 nitrogen and oxygen atoms in total. The maximum atomic E-state index is 12.1. The lowest BCUT2D eigenvalue weighted by atomic mass is 10.2. The molecule has 1 fully saturated rings. The van der Waals surface area contributed by atoms with Gasteiger partial charge in [-0.15, -0.1) is 0 Å². The maximum absolute atomic E-state index is 12.1. The molecule has 0 radical (unpaired) electrons. The largest absolute Gasteiger partial charge is 0.473 e. The van der Waals surface area contributed by atoms with E-state index in [0.29, 0.717) is 17.1 Å². The summed E-state index contributed by atoms with van der Waals surface area (Å²) in [6.07, 6.45) is 4.88. The lowest BCUT2D eigenvalue weighted by Crippen LogP contribution is -2.46. The van der Waals surface area contributed by atoms with E-state index in [1.165, 1.54) is 5.56 Å². The van der Waals surface area contributed by atoms with Gasteiger partial charge in [-0.25, -0.2) is 9.59 Å². The van der Waals surface area contributed by atoms with E-state index in [-0.39, 0.29) is 5.91 Å². The standard InChI is InChI=1S/C22H26ClN3O.C2H2O4/c23-20-10-4-5-11-21(20)24-22(27)12-14-26-17-15-25(16-18-26)13-6-9-19-7-2-1-3-8-19;3-1(4)2(5)6/h1-11H,12-18H2,(H,24,27);(H,3,4)(H,5,6). The fourth-order valence-electron chi connectivity index (χ4n) is 3.13. The summed E-state index contributed by atoms with van der Waals surface area (Å²) in [5.41, 5.74) is 1.92. The van der Waals surface area contributed by atoms with Crippen LogP contribution < -0.4 is 5.32 Å². The predicted molar refractivity (Wildman–Crippen MR) is 128 cm³/mol. The molecule has 1 aliphatic rings. The Bertz CT molecular complexity index is 932. The van der Waals surface area contributed by atoms with Crippen molar-refractivity contribution >= 4 is 41.2 Å². The van der Waals surface area contributed by atoms with E-state index in [2.05, 4.69) is 51.5 Å². The fraction of sp³-hybridized carbons (Fsp3) is 0.292. The molecule has 0 atom stereocenters. The smallest absolute Gasteiger partial charge is 0.414 e. The Morgan fingerprint density at radius 2 is 1.45 bits per heavy atom. The Labute approximate surface area is 198 Å². The Balaban J connectivity index is 0.000000569. The van der Waals surface area contributed by atoms with Crippen molar-refractivity contribution in [3.8, 4) is 0 Å². The number of benzene rings is 2. The van der Waals surface area contributed by atoms with Crippen molar-refractivity contribution in [2.45, 2.75) is 6.42 Å². The molecule has 3 N–H and O–H groups in total. The summed E-state index contributed by atoms with van der Waals surface area (Å²) >= 11 is 6.08. The lowest BCUT2D eigenvalue weighted by molar-refractivity contribution is -0.159. The SMILES string of the molecule is O=C(CCN1CCN(CC=Cc2ccccc2)CC1)Nc1ccccc1Cl.O=C(O)C(=O)O. The van der Waals surface area contributed by atoms with Crippen molar-refractivity contribution in [3.63, 3.8) is 0 Å². The molecule has 2 aromatic carbocycles. The highest BCUT2D eigenvalue weighted by atomic mass is 35.5. The van der Waals surface area contributed by atoms with E-state index in [4.69, 9.17) is 31.4 Å². The molecule has 0 unspecified atom stereocenters. The third-order valence-electron chi connectivity index (χ3n) is 4.92. The number of hydrogen-bond donors (Lipinski definition) is 3. The summed E-state index contributed by atoms with van der Waals surface area (Å²) in [4.78, 5) is 35.1. The summed E-state index contributed by atoms with van der Waals surface area (Å²) in [5, 5.41) is 18.2. The molecule has 1 saturated heterocycles. The number of para-hydroxylation sites is 1. The number of nitrogens with one attached hydrogen (secondary N) is 1. The van der Waals surface area contributed by atoms with Crippen molar-refractivity contribution in [2.24, 2.45) is 0 Å². The Hall–Kier alpha value is -3.20. The monoisotopic (exact) mass is 473 g/mol. The van der Waals surface area contributed by atoms with Crippen LogP contribution in [0, 0.1) is 0 Å². The molecule has 176 valence electrons. The van der Waals surface area contributed by atoms with Gasteiger partial charge in [-0.05, 0) is 17.7 Å². The Morgan fingerprint density at radius 3 is 2.06 bits per heavy atom. The van der Waals surface area contributed by atoms with Crippen LogP contribution in [0.4, 0.5) is 5.69 Å². The Kier molecular flexibility index (Phi) is 11.1.